The number of halogens is 1. The van der Waals surface area contributed by atoms with Crippen LogP contribution in [-0.4, -0.2) is 35.3 Å². The molecule has 0 N–H and O–H groups in total. The molecule has 1 aliphatic heterocycles. The first-order chi connectivity index (χ1) is 7.69. The second-order valence-electron chi connectivity index (χ2n) is 4.50. The van der Waals surface area contributed by atoms with E-state index in [4.69, 9.17) is 0 Å². The van der Waals surface area contributed by atoms with Gasteiger partial charge >= 0.3 is 0 Å². The quantitative estimate of drug-likeness (QED) is 0.774. The zero-order chi connectivity index (χ0) is 11.6. The fourth-order valence-corrected chi connectivity index (χ4v) is 4.42. The monoisotopic (exact) mass is 273 g/mol. The Morgan fingerprint density at radius 2 is 2.00 bits per heavy atom. The van der Waals surface area contributed by atoms with E-state index in [2.05, 4.69) is 31.0 Å². The van der Waals surface area contributed by atoms with Gasteiger partial charge in [0.25, 0.3) is 0 Å². The van der Waals surface area contributed by atoms with E-state index in [1.807, 2.05) is 18.2 Å². The number of likely N-dealkylation sites (N-methyl/N-ethyl adjacent to an activating group) is 1. The Kier molecular flexibility index (Phi) is 5.32. The van der Waals surface area contributed by atoms with Gasteiger partial charge in [0.15, 0.2) is 4.75 Å². The largest absolute Gasteiger partial charge is 0.616 e. The lowest BCUT2D eigenvalue weighted by Gasteiger charge is -2.42. The summed E-state index contributed by atoms with van der Waals surface area (Å²) in [6, 6.07) is 10.3. The third-order valence-corrected chi connectivity index (χ3v) is 5.57. The third-order valence-electron chi connectivity index (χ3n) is 3.49. The minimum absolute atomic E-state index is 0. The van der Waals surface area contributed by atoms with Crippen molar-refractivity contribution >= 4 is 23.6 Å². The van der Waals surface area contributed by atoms with E-state index in [0.717, 1.165) is 25.3 Å². The maximum Gasteiger partial charge on any atom is 0.162 e. The van der Waals surface area contributed by atoms with Crippen molar-refractivity contribution in [3.05, 3.63) is 35.9 Å². The molecule has 0 saturated carbocycles. The van der Waals surface area contributed by atoms with Crippen LogP contribution in [0.3, 0.4) is 0 Å². The Bertz CT molecular complexity index is 349. The van der Waals surface area contributed by atoms with Gasteiger partial charge < -0.3 is 4.55 Å². The molecule has 0 aliphatic carbocycles. The van der Waals surface area contributed by atoms with Crippen LogP contribution in [-0.2, 0) is 15.9 Å². The van der Waals surface area contributed by atoms with E-state index in [9.17, 15) is 4.55 Å². The van der Waals surface area contributed by atoms with E-state index in [-0.39, 0.29) is 17.2 Å². The Labute approximate surface area is 113 Å². The van der Waals surface area contributed by atoms with E-state index in [1.54, 1.807) is 0 Å². The molecule has 1 fully saturated rings. The van der Waals surface area contributed by atoms with Crippen molar-refractivity contribution < 1.29 is 4.55 Å². The predicted molar refractivity (Wildman–Crippen MR) is 76.2 cm³/mol. The van der Waals surface area contributed by atoms with Gasteiger partial charge in [-0.25, -0.2) is 0 Å². The molecule has 1 aromatic carbocycles. The fourth-order valence-electron chi connectivity index (χ4n) is 2.46. The van der Waals surface area contributed by atoms with Crippen LogP contribution in [0.2, 0.25) is 0 Å². The van der Waals surface area contributed by atoms with Gasteiger partial charge in [0.05, 0.1) is 6.54 Å². The van der Waals surface area contributed by atoms with Crippen LogP contribution in [0.25, 0.3) is 0 Å². The minimum atomic E-state index is -0.750. The minimum Gasteiger partial charge on any atom is -0.616 e. The van der Waals surface area contributed by atoms with Crippen LogP contribution in [0.1, 0.15) is 18.9 Å². The van der Waals surface area contributed by atoms with Gasteiger partial charge in [-0.2, -0.15) is 0 Å². The molecule has 1 saturated heterocycles. The zero-order valence-electron chi connectivity index (χ0n) is 10.4. The lowest BCUT2D eigenvalue weighted by molar-refractivity contribution is 0.278. The summed E-state index contributed by atoms with van der Waals surface area (Å²) in [6.07, 6.45) is 0.938. The van der Waals surface area contributed by atoms with Gasteiger partial charge in [0.2, 0.25) is 0 Å². The van der Waals surface area contributed by atoms with Crippen molar-refractivity contribution in [2.24, 2.45) is 0 Å². The predicted octanol–water partition coefficient (Wildman–Crippen LogP) is 2.41. The van der Waals surface area contributed by atoms with E-state index >= 15 is 0 Å². The smallest absolute Gasteiger partial charge is 0.162 e. The van der Waals surface area contributed by atoms with Crippen molar-refractivity contribution in [2.45, 2.75) is 18.1 Å². The van der Waals surface area contributed by atoms with Gasteiger partial charge in [0.1, 0.15) is 5.75 Å². The Morgan fingerprint density at radius 1 is 1.35 bits per heavy atom. The average Bonchev–Trinajstić information content (AvgIpc) is 2.33. The van der Waals surface area contributed by atoms with Crippen molar-refractivity contribution in [1.82, 2.24) is 4.90 Å². The van der Waals surface area contributed by atoms with Crippen molar-refractivity contribution in [3.63, 3.8) is 0 Å². The summed E-state index contributed by atoms with van der Waals surface area (Å²) < 4.78 is 12.2. The molecule has 0 aromatic heterocycles. The maximum atomic E-state index is 12.4. The molecule has 0 spiro atoms. The van der Waals surface area contributed by atoms with Gasteiger partial charge in [-0.3, -0.25) is 4.90 Å². The van der Waals surface area contributed by atoms with Gasteiger partial charge in [-0.1, -0.05) is 37.3 Å². The first kappa shape index (κ1) is 14.8. The molecule has 1 heterocycles. The lowest BCUT2D eigenvalue weighted by atomic mass is 9.94. The molecule has 2 nitrogen and oxygen atoms in total. The van der Waals surface area contributed by atoms with Gasteiger partial charge in [-0.05, 0) is 18.2 Å². The lowest BCUT2D eigenvalue weighted by Crippen LogP contribution is -2.52. The van der Waals surface area contributed by atoms with E-state index in [1.165, 1.54) is 5.56 Å². The Balaban J connectivity index is 0.00000144. The normalized spacial score (nSPS) is 29.7. The molecule has 17 heavy (non-hydrogen) atoms. The van der Waals surface area contributed by atoms with Crippen molar-refractivity contribution in [1.29, 1.82) is 0 Å². The standard InChI is InChI=1S/C13H19NOS.ClH/c1-3-13(12-7-5-4-6-8-12)11-14(2)9-10-16(13)15;/h4-8H,3,9-11H2,1-2H3;1H. The summed E-state index contributed by atoms with van der Waals surface area (Å²) in [4.78, 5) is 2.29. The first-order valence-electron chi connectivity index (χ1n) is 5.81. The maximum absolute atomic E-state index is 12.4. The summed E-state index contributed by atoms with van der Waals surface area (Å²) in [7, 11) is 2.11. The molecule has 4 heteroatoms. The molecule has 2 atom stereocenters. The molecule has 0 amide bonds. The van der Waals surface area contributed by atoms with Crippen molar-refractivity contribution in [2.75, 3.05) is 25.9 Å². The number of benzene rings is 1. The highest BCUT2D eigenvalue weighted by atomic mass is 35.5. The first-order valence-corrected chi connectivity index (χ1v) is 7.13. The van der Waals surface area contributed by atoms with E-state index < -0.39 is 11.2 Å². The van der Waals surface area contributed by atoms with Crippen LogP contribution in [0.4, 0.5) is 0 Å². The number of hydrogen-bond acceptors (Lipinski definition) is 2. The molecule has 96 valence electrons. The molecular weight excluding hydrogens is 254 g/mol. The highest BCUT2D eigenvalue weighted by Gasteiger charge is 2.45. The Morgan fingerprint density at radius 3 is 2.59 bits per heavy atom. The van der Waals surface area contributed by atoms with Crippen LogP contribution >= 0.6 is 12.4 Å². The van der Waals surface area contributed by atoms with Crippen LogP contribution in [0, 0.1) is 0 Å². The number of rotatable bonds is 2. The molecule has 1 aliphatic rings. The van der Waals surface area contributed by atoms with Crippen LogP contribution in [0.15, 0.2) is 30.3 Å². The SMILES string of the molecule is CCC1(c2ccccc2)CN(C)CC[S+]1[O-].Cl. The molecule has 0 bridgehead atoms. The molecular formula is C13H20ClNOS. The van der Waals surface area contributed by atoms with Gasteiger partial charge in [-0.15, -0.1) is 12.4 Å². The summed E-state index contributed by atoms with van der Waals surface area (Å²) >= 11 is -0.750. The zero-order valence-corrected chi connectivity index (χ0v) is 12.0. The van der Waals surface area contributed by atoms with Crippen LogP contribution < -0.4 is 0 Å². The summed E-state index contributed by atoms with van der Waals surface area (Å²) in [6.45, 7) is 3.99. The second-order valence-corrected chi connectivity index (χ2v) is 6.38. The highest BCUT2D eigenvalue weighted by molar-refractivity contribution is 7.92. The fraction of sp³-hybridized carbons (Fsp3) is 0.538. The molecule has 1 aromatic rings. The number of hydrogen-bond donors (Lipinski definition) is 0. The van der Waals surface area contributed by atoms with E-state index in [0.29, 0.717) is 0 Å². The third kappa shape index (κ3) is 2.79. The molecule has 2 rings (SSSR count). The number of nitrogens with zero attached hydrogens (tertiary/aromatic N) is 1. The highest BCUT2D eigenvalue weighted by Crippen LogP contribution is 2.37. The summed E-state index contributed by atoms with van der Waals surface area (Å²) in [5.41, 5.74) is 1.22. The van der Waals surface area contributed by atoms with Gasteiger partial charge in [0, 0.05) is 18.5 Å². The summed E-state index contributed by atoms with van der Waals surface area (Å²) in [5, 5.41) is 0. The van der Waals surface area contributed by atoms with Crippen molar-refractivity contribution in [3.8, 4) is 0 Å². The average molecular weight is 274 g/mol. The molecule has 0 radical (unpaired) electrons. The van der Waals surface area contributed by atoms with Crippen LogP contribution in [0.5, 0.6) is 0 Å². The second kappa shape index (κ2) is 6.10. The molecule has 2 unspecified atom stereocenters. The Hall–Kier alpha value is -0.220. The topological polar surface area (TPSA) is 26.3 Å². The summed E-state index contributed by atoms with van der Waals surface area (Å²) in [5.74, 6) is 0.791.